The van der Waals surface area contributed by atoms with E-state index in [1.54, 1.807) is 0 Å². The molecule has 3 aromatic carbocycles. The number of ether oxygens (including phenoxy) is 1. The highest BCUT2D eigenvalue weighted by Gasteiger charge is 2.42. The van der Waals surface area contributed by atoms with Crippen LogP contribution in [-0.4, -0.2) is 11.3 Å². The maximum Gasteiger partial charge on any atom is 0.164 e. The van der Waals surface area contributed by atoms with Crippen molar-refractivity contribution in [3.05, 3.63) is 83.4 Å². The smallest absolute Gasteiger partial charge is 0.164 e. The molecule has 2 heterocycles. The summed E-state index contributed by atoms with van der Waals surface area (Å²) in [6.45, 7) is 5.93. The molecule has 0 aromatic heterocycles. The maximum absolute atomic E-state index is 13.1. The summed E-state index contributed by atoms with van der Waals surface area (Å²) >= 11 is 0. The van der Waals surface area contributed by atoms with Crippen molar-refractivity contribution >= 4 is 11.5 Å². The lowest BCUT2D eigenvalue weighted by Crippen LogP contribution is -2.47. The van der Waals surface area contributed by atoms with Gasteiger partial charge in [0, 0.05) is 22.7 Å². The minimum Gasteiger partial charge on any atom is -0.480 e. The number of Topliss-reactive ketones (excluding diaryl/α,β-unsaturated/α-hetero) is 1. The molecule has 0 fully saturated rings. The van der Waals surface area contributed by atoms with Gasteiger partial charge in [0.15, 0.2) is 5.78 Å². The molecule has 0 radical (unpaired) electrons. The van der Waals surface area contributed by atoms with Gasteiger partial charge in [0.25, 0.3) is 0 Å². The zero-order chi connectivity index (χ0) is 19.5. The van der Waals surface area contributed by atoms with E-state index < -0.39 is 5.54 Å². The second-order valence-corrected chi connectivity index (χ2v) is 8.23. The van der Waals surface area contributed by atoms with Crippen LogP contribution in [0.3, 0.4) is 0 Å². The van der Waals surface area contributed by atoms with Crippen LogP contribution in [0.15, 0.2) is 66.7 Å². The van der Waals surface area contributed by atoms with E-state index in [1.165, 1.54) is 0 Å². The molecule has 5 rings (SSSR count). The Balaban J connectivity index is 1.81. The highest BCUT2D eigenvalue weighted by atomic mass is 16.5. The molecular formula is C25H23NO2. The Hall–Kier alpha value is -3.07. The molecule has 0 saturated heterocycles. The second kappa shape index (κ2) is 5.96. The number of nitrogens with one attached hydrogen (secondary N) is 1. The maximum atomic E-state index is 13.1. The molecule has 3 heteroatoms. The lowest BCUT2D eigenvalue weighted by Gasteiger charge is -2.40. The third-order valence-corrected chi connectivity index (χ3v) is 5.96. The summed E-state index contributed by atoms with van der Waals surface area (Å²) in [6, 6.07) is 22.7. The predicted molar refractivity (Wildman–Crippen MR) is 112 cm³/mol. The van der Waals surface area contributed by atoms with E-state index in [0.717, 1.165) is 39.3 Å². The first-order valence-electron chi connectivity index (χ1n) is 9.77. The average molecular weight is 369 g/mol. The van der Waals surface area contributed by atoms with E-state index >= 15 is 0 Å². The Morgan fingerprint density at radius 2 is 1.57 bits per heavy atom. The van der Waals surface area contributed by atoms with E-state index in [4.69, 9.17) is 4.74 Å². The van der Waals surface area contributed by atoms with Crippen molar-refractivity contribution in [1.82, 2.24) is 0 Å². The third-order valence-electron chi connectivity index (χ3n) is 5.96. The molecular weight excluding hydrogens is 346 g/mol. The summed E-state index contributed by atoms with van der Waals surface area (Å²) in [5.74, 6) is 0.896. The molecule has 140 valence electrons. The van der Waals surface area contributed by atoms with Gasteiger partial charge in [-0.2, -0.15) is 0 Å². The molecule has 3 aromatic rings. The molecule has 0 unspecified atom stereocenters. The van der Waals surface area contributed by atoms with Gasteiger partial charge in [-0.3, -0.25) is 4.79 Å². The number of rotatable bonds is 1. The average Bonchev–Trinajstić information content (AvgIpc) is 2.71. The van der Waals surface area contributed by atoms with Gasteiger partial charge in [0.05, 0.1) is 5.54 Å². The fourth-order valence-corrected chi connectivity index (χ4v) is 4.64. The molecule has 0 bridgehead atoms. The van der Waals surface area contributed by atoms with E-state index in [2.05, 4.69) is 35.6 Å². The lowest BCUT2D eigenvalue weighted by molar-refractivity contribution is -0.123. The van der Waals surface area contributed by atoms with Gasteiger partial charge in [0.1, 0.15) is 11.9 Å². The molecule has 0 amide bonds. The number of anilines is 1. The summed E-state index contributed by atoms with van der Waals surface area (Å²) in [6.07, 6.45) is -0.237. The van der Waals surface area contributed by atoms with Crippen molar-refractivity contribution in [1.29, 1.82) is 0 Å². The normalized spacial score (nSPS) is 21.6. The topological polar surface area (TPSA) is 38.3 Å². The van der Waals surface area contributed by atoms with Crippen molar-refractivity contribution in [3.8, 4) is 16.9 Å². The first kappa shape index (κ1) is 17.1. The summed E-state index contributed by atoms with van der Waals surface area (Å²) in [5, 5.41) is 3.46. The summed E-state index contributed by atoms with van der Waals surface area (Å²) in [7, 11) is 0. The summed E-state index contributed by atoms with van der Waals surface area (Å²) in [5.41, 5.74) is 5.94. The largest absolute Gasteiger partial charge is 0.480 e. The second-order valence-electron chi connectivity index (χ2n) is 8.23. The van der Waals surface area contributed by atoms with Crippen LogP contribution in [-0.2, 0) is 4.79 Å². The van der Waals surface area contributed by atoms with E-state index in [9.17, 15) is 4.79 Å². The number of carbonyl (C=O) groups is 1. The Morgan fingerprint density at radius 1 is 0.857 bits per heavy atom. The van der Waals surface area contributed by atoms with Crippen molar-refractivity contribution in [2.75, 3.05) is 5.32 Å². The van der Waals surface area contributed by atoms with Gasteiger partial charge in [-0.25, -0.2) is 0 Å². The Morgan fingerprint density at radius 3 is 2.36 bits per heavy atom. The first-order valence-corrected chi connectivity index (χ1v) is 9.77. The van der Waals surface area contributed by atoms with E-state index in [-0.39, 0.29) is 17.8 Å². The van der Waals surface area contributed by atoms with E-state index in [1.807, 2.05) is 57.2 Å². The number of para-hydroxylation sites is 1. The number of hydrogen-bond acceptors (Lipinski definition) is 3. The lowest BCUT2D eigenvalue weighted by atomic mass is 9.74. The summed E-state index contributed by atoms with van der Waals surface area (Å²) < 4.78 is 6.51. The van der Waals surface area contributed by atoms with Crippen molar-refractivity contribution in [2.24, 2.45) is 0 Å². The van der Waals surface area contributed by atoms with Gasteiger partial charge >= 0.3 is 0 Å². The van der Waals surface area contributed by atoms with Crippen LogP contribution in [0, 0.1) is 0 Å². The summed E-state index contributed by atoms with van der Waals surface area (Å²) in [4.78, 5) is 13.1. The van der Waals surface area contributed by atoms with Crippen LogP contribution in [0.5, 0.6) is 5.75 Å². The molecule has 28 heavy (non-hydrogen) atoms. The van der Waals surface area contributed by atoms with Crippen molar-refractivity contribution in [3.63, 3.8) is 0 Å². The molecule has 0 spiro atoms. The van der Waals surface area contributed by atoms with Crippen molar-refractivity contribution in [2.45, 2.75) is 38.3 Å². The van der Waals surface area contributed by atoms with Gasteiger partial charge in [-0.1, -0.05) is 61.5 Å². The Labute approximate surface area is 165 Å². The molecule has 2 aliphatic heterocycles. The van der Waals surface area contributed by atoms with Crippen LogP contribution < -0.4 is 10.1 Å². The van der Waals surface area contributed by atoms with Crippen LogP contribution >= 0.6 is 0 Å². The van der Waals surface area contributed by atoms with Gasteiger partial charge in [0.2, 0.25) is 0 Å². The molecule has 0 saturated carbocycles. The fourth-order valence-electron chi connectivity index (χ4n) is 4.64. The van der Waals surface area contributed by atoms with Crippen molar-refractivity contribution < 1.29 is 9.53 Å². The van der Waals surface area contributed by atoms with Crippen LogP contribution in [0.4, 0.5) is 5.69 Å². The first-order chi connectivity index (χ1) is 13.5. The number of ketones is 1. The van der Waals surface area contributed by atoms with Crippen LogP contribution in [0.25, 0.3) is 11.1 Å². The Bertz CT molecular complexity index is 1080. The van der Waals surface area contributed by atoms with E-state index in [0.29, 0.717) is 0 Å². The Kier molecular flexibility index (Phi) is 3.63. The van der Waals surface area contributed by atoms with Gasteiger partial charge < -0.3 is 10.1 Å². The van der Waals surface area contributed by atoms with Gasteiger partial charge in [-0.05, 0) is 42.7 Å². The molecule has 2 atom stereocenters. The number of benzene rings is 3. The number of fused-ring (bicyclic) bond motifs is 5. The van der Waals surface area contributed by atoms with Gasteiger partial charge in [-0.15, -0.1) is 0 Å². The molecule has 3 nitrogen and oxygen atoms in total. The molecule has 1 N–H and O–H groups in total. The SMILES string of the molecule is C[C@@H]1C(=O)C(C)(C)Nc2ccc3c(c21)[C@@H](c1ccccc1)Oc1ccccc1-3. The highest BCUT2D eigenvalue weighted by molar-refractivity contribution is 6.01. The quantitative estimate of drug-likeness (QED) is 0.597. The minimum atomic E-state index is -0.573. The molecule has 2 aliphatic rings. The zero-order valence-corrected chi connectivity index (χ0v) is 16.3. The fraction of sp³-hybridized carbons (Fsp3) is 0.240. The number of carbonyl (C=O) groups excluding carboxylic acids is 1. The molecule has 0 aliphatic carbocycles. The third kappa shape index (κ3) is 2.39. The van der Waals surface area contributed by atoms with Crippen LogP contribution in [0.1, 0.15) is 49.5 Å². The standard InChI is InChI=1S/C25H23NO2/c1-15-21-19(26-25(2,3)24(15)27)14-13-18-17-11-7-8-12-20(17)28-23(22(18)21)16-9-5-4-6-10-16/h4-15,23,26H,1-3H3/t15-,23+/m0/s1. The monoisotopic (exact) mass is 369 g/mol. The minimum absolute atomic E-state index is 0.193. The number of hydrogen-bond donors (Lipinski definition) is 1. The van der Waals surface area contributed by atoms with Crippen LogP contribution in [0.2, 0.25) is 0 Å². The zero-order valence-electron chi connectivity index (χ0n) is 16.3. The predicted octanol–water partition coefficient (Wildman–Crippen LogP) is 5.71. The highest BCUT2D eigenvalue weighted by Crippen LogP contribution is 2.51.